The van der Waals surface area contributed by atoms with Crippen LogP contribution in [-0.2, 0) is 6.42 Å². The van der Waals surface area contributed by atoms with Gasteiger partial charge in [0.05, 0.1) is 5.69 Å². The standard InChI is InChI=1S/C12H21BN4/c1-2-9(7-13)3-4-10-5-6-11(17-10)12(15)16-8-14/h5-6,8-9,17H,2-4,7,13H2,1H3,(H3,14,15,16). The predicted octanol–water partition coefficient (Wildman–Crippen LogP) is 1.34. The number of amidine groups is 1. The highest BCUT2D eigenvalue weighted by molar-refractivity contribution is 6.08. The van der Waals surface area contributed by atoms with Crippen LogP contribution in [0.5, 0.6) is 0 Å². The Bertz CT molecular complexity index is 380. The maximum Gasteiger partial charge on any atom is 0.148 e. The van der Waals surface area contributed by atoms with E-state index in [1.54, 1.807) is 0 Å². The number of aliphatic imine (C=N–C) groups is 1. The quantitative estimate of drug-likeness (QED) is 0.370. The van der Waals surface area contributed by atoms with E-state index in [4.69, 9.17) is 11.1 Å². The molecule has 1 rings (SSSR count). The Morgan fingerprint density at radius 3 is 3.00 bits per heavy atom. The molecule has 1 aromatic heterocycles. The third-order valence-corrected chi connectivity index (χ3v) is 3.20. The van der Waals surface area contributed by atoms with Crippen molar-refractivity contribution in [3.63, 3.8) is 0 Å². The van der Waals surface area contributed by atoms with Crippen molar-refractivity contribution in [3.8, 4) is 0 Å². The van der Waals surface area contributed by atoms with Crippen LogP contribution in [0.3, 0.4) is 0 Å². The zero-order valence-corrected chi connectivity index (χ0v) is 10.7. The number of hydrogen-bond donors (Lipinski definition) is 3. The summed E-state index contributed by atoms with van der Waals surface area (Å²) in [5.41, 5.74) is 7.68. The molecule has 5 heteroatoms. The lowest BCUT2D eigenvalue weighted by atomic mass is 9.86. The maximum absolute atomic E-state index is 6.87. The van der Waals surface area contributed by atoms with E-state index in [0.29, 0.717) is 5.84 Å². The summed E-state index contributed by atoms with van der Waals surface area (Å²) in [5, 5.41) is 6.87. The fraction of sp³-hybridized carbons (Fsp3) is 0.500. The lowest BCUT2D eigenvalue weighted by Gasteiger charge is -2.10. The highest BCUT2D eigenvalue weighted by Gasteiger charge is 2.06. The Hall–Kier alpha value is -1.52. The molecular formula is C12H21BN4. The molecule has 1 unspecified atom stereocenters. The van der Waals surface area contributed by atoms with E-state index < -0.39 is 0 Å². The highest BCUT2D eigenvalue weighted by atomic mass is 14.9. The van der Waals surface area contributed by atoms with Gasteiger partial charge in [-0.2, -0.15) is 0 Å². The zero-order valence-electron chi connectivity index (χ0n) is 10.7. The van der Waals surface area contributed by atoms with E-state index in [0.717, 1.165) is 24.4 Å². The number of aromatic nitrogens is 1. The van der Waals surface area contributed by atoms with Gasteiger partial charge in [-0.25, -0.2) is 4.99 Å². The molecular weight excluding hydrogens is 211 g/mol. The van der Waals surface area contributed by atoms with E-state index in [1.165, 1.54) is 24.9 Å². The van der Waals surface area contributed by atoms with E-state index in [1.807, 2.05) is 12.1 Å². The SMILES string of the molecule is BCC(CC)CCc1ccc(/C(N)=N\C=N)[nH]1. The molecule has 92 valence electrons. The molecule has 1 aromatic rings. The number of aryl methyl sites for hydroxylation is 1. The molecule has 0 fully saturated rings. The predicted molar refractivity (Wildman–Crippen MR) is 75.8 cm³/mol. The molecule has 0 aliphatic carbocycles. The Morgan fingerprint density at radius 2 is 2.41 bits per heavy atom. The fourth-order valence-electron chi connectivity index (χ4n) is 1.93. The molecule has 4 nitrogen and oxygen atoms in total. The van der Waals surface area contributed by atoms with Gasteiger partial charge in [-0.1, -0.05) is 19.7 Å². The summed E-state index contributed by atoms with van der Waals surface area (Å²) in [6.07, 6.45) is 5.68. The Morgan fingerprint density at radius 1 is 1.65 bits per heavy atom. The maximum atomic E-state index is 6.87. The second-order valence-corrected chi connectivity index (χ2v) is 4.26. The Balaban J connectivity index is 2.57. The van der Waals surface area contributed by atoms with Crippen LogP contribution in [0.1, 0.15) is 31.2 Å². The van der Waals surface area contributed by atoms with Crippen LogP contribution in [0.4, 0.5) is 0 Å². The van der Waals surface area contributed by atoms with Gasteiger partial charge in [0.2, 0.25) is 0 Å². The Kier molecular flexibility index (Phi) is 5.53. The lowest BCUT2D eigenvalue weighted by Crippen LogP contribution is -2.13. The number of aromatic amines is 1. The first-order valence-corrected chi connectivity index (χ1v) is 6.21. The minimum absolute atomic E-state index is 0.369. The van der Waals surface area contributed by atoms with Crippen molar-refractivity contribution in [1.82, 2.24) is 4.98 Å². The van der Waals surface area contributed by atoms with Gasteiger partial charge in [0.1, 0.15) is 20.0 Å². The molecule has 0 spiro atoms. The summed E-state index contributed by atoms with van der Waals surface area (Å²) >= 11 is 0. The lowest BCUT2D eigenvalue weighted by molar-refractivity contribution is 0.514. The van der Waals surface area contributed by atoms with Gasteiger partial charge in [0, 0.05) is 5.69 Å². The average molecular weight is 232 g/mol. The number of nitrogens with two attached hydrogens (primary N) is 1. The third kappa shape index (κ3) is 4.09. The monoisotopic (exact) mass is 232 g/mol. The summed E-state index contributed by atoms with van der Waals surface area (Å²) in [6, 6.07) is 3.97. The van der Waals surface area contributed by atoms with Gasteiger partial charge in [0.15, 0.2) is 0 Å². The largest absolute Gasteiger partial charge is 0.382 e. The number of H-pyrrole nitrogens is 1. The number of nitrogens with zero attached hydrogens (tertiary/aromatic N) is 1. The molecule has 0 aliphatic rings. The first kappa shape index (κ1) is 13.5. The van der Waals surface area contributed by atoms with Crippen LogP contribution < -0.4 is 5.73 Å². The first-order valence-electron chi connectivity index (χ1n) is 6.21. The molecule has 0 aromatic carbocycles. The topological polar surface area (TPSA) is 78.0 Å². The van der Waals surface area contributed by atoms with E-state index >= 15 is 0 Å². The number of hydrogen-bond acceptors (Lipinski definition) is 1. The second kappa shape index (κ2) is 6.94. The third-order valence-electron chi connectivity index (χ3n) is 3.20. The van der Waals surface area contributed by atoms with Crippen molar-refractivity contribution in [2.45, 2.75) is 32.5 Å². The second-order valence-electron chi connectivity index (χ2n) is 4.26. The van der Waals surface area contributed by atoms with Gasteiger partial charge in [-0.3, -0.25) is 5.41 Å². The van der Waals surface area contributed by atoms with E-state index in [9.17, 15) is 0 Å². The van der Waals surface area contributed by atoms with E-state index in [-0.39, 0.29) is 0 Å². The summed E-state index contributed by atoms with van der Waals surface area (Å²) in [5.74, 6) is 1.17. The van der Waals surface area contributed by atoms with Crippen LogP contribution in [0, 0.1) is 11.3 Å². The van der Waals surface area contributed by atoms with Gasteiger partial charge in [0.25, 0.3) is 0 Å². The van der Waals surface area contributed by atoms with Gasteiger partial charge in [-0.05, 0) is 30.9 Å². The van der Waals surface area contributed by atoms with Gasteiger partial charge < -0.3 is 10.7 Å². The van der Waals surface area contributed by atoms with Gasteiger partial charge >= 0.3 is 0 Å². The molecule has 0 aliphatic heterocycles. The molecule has 0 saturated heterocycles. The van der Waals surface area contributed by atoms with Gasteiger partial charge in [-0.15, -0.1) is 0 Å². The fourth-order valence-corrected chi connectivity index (χ4v) is 1.93. The van der Waals surface area contributed by atoms with Crippen molar-refractivity contribution >= 4 is 20.0 Å². The molecule has 0 bridgehead atoms. The van der Waals surface area contributed by atoms with Crippen LogP contribution in [-0.4, -0.2) is 25.0 Å². The van der Waals surface area contributed by atoms with Crippen LogP contribution in [0.25, 0.3) is 0 Å². The van der Waals surface area contributed by atoms with Crippen LogP contribution >= 0.6 is 0 Å². The van der Waals surface area contributed by atoms with Crippen molar-refractivity contribution < 1.29 is 0 Å². The smallest absolute Gasteiger partial charge is 0.148 e. The number of rotatable bonds is 7. The molecule has 0 amide bonds. The average Bonchev–Trinajstić information content (AvgIpc) is 2.79. The molecule has 0 saturated carbocycles. The van der Waals surface area contributed by atoms with Crippen molar-refractivity contribution in [2.75, 3.05) is 0 Å². The first-order chi connectivity index (χ1) is 8.21. The molecule has 4 N–H and O–H groups in total. The summed E-state index contributed by atoms with van der Waals surface area (Å²) in [4.78, 5) is 6.98. The molecule has 0 radical (unpaired) electrons. The van der Waals surface area contributed by atoms with Crippen molar-refractivity contribution in [3.05, 3.63) is 23.5 Å². The molecule has 17 heavy (non-hydrogen) atoms. The van der Waals surface area contributed by atoms with Crippen molar-refractivity contribution in [1.29, 1.82) is 5.41 Å². The highest BCUT2D eigenvalue weighted by Crippen LogP contribution is 2.15. The minimum atomic E-state index is 0.369. The molecule has 1 heterocycles. The normalized spacial score (nSPS) is 13.6. The Labute approximate surface area is 104 Å². The molecule has 1 atom stereocenters. The minimum Gasteiger partial charge on any atom is -0.382 e. The van der Waals surface area contributed by atoms with Crippen LogP contribution in [0.15, 0.2) is 17.1 Å². The van der Waals surface area contributed by atoms with Crippen molar-refractivity contribution in [2.24, 2.45) is 16.6 Å². The van der Waals surface area contributed by atoms with E-state index in [2.05, 4.69) is 24.7 Å². The zero-order chi connectivity index (χ0) is 12.7. The summed E-state index contributed by atoms with van der Waals surface area (Å²) in [6.45, 7) is 2.24. The summed E-state index contributed by atoms with van der Waals surface area (Å²) < 4.78 is 0. The number of nitrogens with one attached hydrogen (secondary N) is 2. The van der Waals surface area contributed by atoms with Crippen LogP contribution in [0.2, 0.25) is 6.32 Å². The summed E-state index contributed by atoms with van der Waals surface area (Å²) in [7, 11) is 2.24.